The second-order valence-corrected chi connectivity index (χ2v) is 7.92. The van der Waals surface area contributed by atoms with Crippen LogP contribution in [0.1, 0.15) is 23.2 Å². The summed E-state index contributed by atoms with van der Waals surface area (Å²) in [6.45, 7) is 2.06. The number of thiophene rings is 1. The summed E-state index contributed by atoms with van der Waals surface area (Å²) in [4.78, 5) is 17.5. The van der Waals surface area contributed by atoms with E-state index in [4.69, 9.17) is 9.47 Å². The number of ether oxygens (including phenoxy) is 2. The number of likely N-dealkylation sites (tertiary alicyclic amines) is 1. The molecule has 1 aliphatic rings. The molecule has 0 aliphatic carbocycles. The summed E-state index contributed by atoms with van der Waals surface area (Å²) >= 11 is 1.59. The van der Waals surface area contributed by atoms with Gasteiger partial charge in [0.25, 0.3) is 5.91 Å². The number of piperidine rings is 1. The van der Waals surface area contributed by atoms with Crippen LogP contribution in [0.4, 0.5) is 0 Å². The summed E-state index contributed by atoms with van der Waals surface area (Å²) in [5.74, 6) is 2.10. The molecule has 152 valence electrons. The van der Waals surface area contributed by atoms with Gasteiger partial charge in [-0.05, 0) is 53.6 Å². The molecule has 1 fully saturated rings. The number of hydrogen-bond donors (Lipinski definition) is 0. The van der Waals surface area contributed by atoms with Crippen LogP contribution in [-0.4, -0.2) is 58.3 Å². The van der Waals surface area contributed by atoms with Gasteiger partial charge >= 0.3 is 0 Å². The highest BCUT2D eigenvalue weighted by molar-refractivity contribution is 7.13. The number of rotatable bonds is 6. The van der Waals surface area contributed by atoms with E-state index in [-0.39, 0.29) is 5.91 Å². The fourth-order valence-corrected chi connectivity index (χ4v) is 4.25. The normalized spacial score (nSPS) is 16.6. The van der Waals surface area contributed by atoms with Gasteiger partial charge in [-0.2, -0.15) is 4.80 Å². The molecule has 0 N–H and O–H groups in total. The van der Waals surface area contributed by atoms with E-state index in [1.54, 1.807) is 48.6 Å². The molecule has 4 rings (SSSR count). The number of benzene rings is 1. The van der Waals surface area contributed by atoms with Gasteiger partial charge in [0.05, 0.1) is 25.6 Å². The van der Waals surface area contributed by atoms with Gasteiger partial charge in [-0.15, -0.1) is 21.5 Å². The Balaban J connectivity index is 1.42. The highest BCUT2D eigenvalue weighted by Crippen LogP contribution is 2.29. The average molecular weight is 414 g/mol. The van der Waals surface area contributed by atoms with Crippen LogP contribution in [0.15, 0.2) is 35.7 Å². The van der Waals surface area contributed by atoms with E-state index < -0.39 is 0 Å². The maximum atomic E-state index is 13.0. The van der Waals surface area contributed by atoms with Crippen molar-refractivity contribution in [2.75, 3.05) is 27.3 Å². The number of hydrogen-bond acceptors (Lipinski definition) is 7. The van der Waals surface area contributed by atoms with Gasteiger partial charge in [0.1, 0.15) is 0 Å². The molecule has 9 heteroatoms. The molecule has 0 radical (unpaired) electrons. The van der Waals surface area contributed by atoms with Crippen LogP contribution in [0.5, 0.6) is 11.5 Å². The van der Waals surface area contributed by atoms with Crippen LogP contribution in [0.3, 0.4) is 0 Å². The Morgan fingerprint density at radius 1 is 1.24 bits per heavy atom. The van der Waals surface area contributed by atoms with E-state index in [0.29, 0.717) is 41.9 Å². The Morgan fingerprint density at radius 2 is 2.10 bits per heavy atom. The Hall–Kier alpha value is -2.94. The van der Waals surface area contributed by atoms with Crippen molar-refractivity contribution in [3.05, 3.63) is 41.3 Å². The SMILES string of the molecule is COc1ccc(C(=O)N2CCC[C@@H](Cn3nnc(-c4cccs4)n3)C2)cc1OC. The molecule has 8 nitrogen and oxygen atoms in total. The van der Waals surface area contributed by atoms with E-state index in [2.05, 4.69) is 15.4 Å². The molecule has 1 saturated heterocycles. The minimum Gasteiger partial charge on any atom is -0.493 e. The van der Waals surface area contributed by atoms with E-state index in [9.17, 15) is 4.79 Å². The van der Waals surface area contributed by atoms with E-state index >= 15 is 0 Å². The highest BCUT2D eigenvalue weighted by atomic mass is 32.1. The summed E-state index contributed by atoms with van der Waals surface area (Å²) in [5.41, 5.74) is 0.599. The minimum atomic E-state index is 0.00137. The van der Waals surface area contributed by atoms with Crippen molar-refractivity contribution in [3.63, 3.8) is 0 Å². The molecule has 1 amide bonds. The number of tetrazole rings is 1. The first kappa shape index (κ1) is 19.4. The molecular formula is C20H23N5O3S. The number of amides is 1. The molecule has 1 aliphatic heterocycles. The Bertz CT molecular complexity index is 972. The molecule has 3 heterocycles. The summed E-state index contributed by atoms with van der Waals surface area (Å²) in [6.07, 6.45) is 1.99. The van der Waals surface area contributed by atoms with E-state index in [0.717, 1.165) is 24.3 Å². The second-order valence-electron chi connectivity index (χ2n) is 6.97. The third kappa shape index (κ3) is 4.24. The second kappa shape index (κ2) is 8.60. The zero-order chi connectivity index (χ0) is 20.2. The predicted molar refractivity (Wildman–Crippen MR) is 109 cm³/mol. The minimum absolute atomic E-state index is 0.00137. The van der Waals surface area contributed by atoms with Gasteiger partial charge in [0.2, 0.25) is 5.82 Å². The number of methoxy groups -OCH3 is 2. The van der Waals surface area contributed by atoms with Gasteiger partial charge in [0, 0.05) is 18.7 Å². The fourth-order valence-electron chi connectivity index (χ4n) is 3.61. The van der Waals surface area contributed by atoms with Crippen molar-refractivity contribution in [3.8, 4) is 22.2 Å². The Kier molecular flexibility index (Phi) is 5.75. The third-order valence-corrected chi connectivity index (χ3v) is 5.92. The molecule has 2 aromatic heterocycles. The largest absolute Gasteiger partial charge is 0.493 e. The zero-order valence-corrected chi connectivity index (χ0v) is 17.3. The van der Waals surface area contributed by atoms with E-state index in [1.165, 1.54) is 0 Å². The van der Waals surface area contributed by atoms with Crippen molar-refractivity contribution in [1.29, 1.82) is 0 Å². The van der Waals surface area contributed by atoms with Gasteiger partial charge < -0.3 is 14.4 Å². The summed E-state index contributed by atoms with van der Waals surface area (Å²) in [7, 11) is 3.15. The van der Waals surface area contributed by atoms with Crippen molar-refractivity contribution < 1.29 is 14.3 Å². The molecule has 1 atom stereocenters. The quantitative estimate of drug-likeness (QED) is 0.618. The van der Waals surface area contributed by atoms with Crippen LogP contribution in [0.2, 0.25) is 0 Å². The molecule has 0 saturated carbocycles. The first-order chi connectivity index (χ1) is 14.2. The van der Waals surface area contributed by atoms with Crippen molar-refractivity contribution in [1.82, 2.24) is 25.1 Å². The number of carbonyl (C=O) groups excluding carboxylic acids is 1. The first-order valence-electron chi connectivity index (χ1n) is 9.51. The van der Waals surface area contributed by atoms with Crippen molar-refractivity contribution in [2.45, 2.75) is 19.4 Å². The summed E-state index contributed by atoms with van der Waals surface area (Å²) in [5, 5.41) is 14.8. The zero-order valence-electron chi connectivity index (χ0n) is 16.4. The predicted octanol–water partition coefficient (Wildman–Crippen LogP) is 2.97. The average Bonchev–Trinajstić information content (AvgIpc) is 3.45. The summed E-state index contributed by atoms with van der Waals surface area (Å²) in [6, 6.07) is 9.23. The Morgan fingerprint density at radius 3 is 2.86 bits per heavy atom. The van der Waals surface area contributed by atoms with Crippen LogP contribution in [-0.2, 0) is 6.54 Å². The lowest BCUT2D eigenvalue weighted by atomic mass is 9.97. The van der Waals surface area contributed by atoms with Crippen LogP contribution in [0.25, 0.3) is 10.7 Å². The molecule has 0 spiro atoms. The number of nitrogens with zero attached hydrogens (tertiary/aromatic N) is 5. The lowest BCUT2D eigenvalue weighted by Gasteiger charge is -2.32. The molecule has 0 bridgehead atoms. The van der Waals surface area contributed by atoms with Gasteiger partial charge in [-0.25, -0.2) is 0 Å². The topological polar surface area (TPSA) is 82.4 Å². The van der Waals surface area contributed by atoms with Gasteiger partial charge in [-0.1, -0.05) is 6.07 Å². The maximum absolute atomic E-state index is 13.0. The molecular weight excluding hydrogens is 390 g/mol. The van der Waals surface area contributed by atoms with Crippen molar-refractivity contribution >= 4 is 17.2 Å². The maximum Gasteiger partial charge on any atom is 0.254 e. The van der Waals surface area contributed by atoms with Crippen LogP contribution < -0.4 is 9.47 Å². The smallest absolute Gasteiger partial charge is 0.254 e. The third-order valence-electron chi connectivity index (χ3n) is 5.05. The van der Waals surface area contributed by atoms with E-state index in [1.807, 2.05) is 22.4 Å². The highest BCUT2D eigenvalue weighted by Gasteiger charge is 2.26. The molecule has 1 aromatic carbocycles. The molecule has 29 heavy (non-hydrogen) atoms. The first-order valence-corrected chi connectivity index (χ1v) is 10.4. The standard InChI is InChI=1S/C20H23N5O3S/c1-27-16-8-7-15(11-17(16)28-2)20(26)24-9-3-5-14(12-24)13-25-22-19(21-23-25)18-6-4-10-29-18/h4,6-8,10-11,14H,3,5,9,12-13H2,1-2H3/t14-/m1/s1. The molecule has 3 aromatic rings. The van der Waals surface area contributed by atoms with Crippen LogP contribution >= 0.6 is 11.3 Å². The summed E-state index contributed by atoms with van der Waals surface area (Å²) < 4.78 is 10.6. The van der Waals surface area contributed by atoms with Gasteiger partial charge in [-0.3, -0.25) is 4.79 Å². The number of aromatic nitrogens is 4. The van der Waals surface area contributed by atoms with Crippen molar-refractivity contribution in [2.24, 2.45) is 5.92 Å². The molecule has 0 unspecified atom stereocenters. The monoisotopic (exact) mass is 413 g/mol. The lowest BCUT2D eigenvalue weighted by molar-refractivity contribution is 0.0655. The number of carbonyl (C=O) groups is 1. The van der Waals surface area contributed by atoms with Gasteiger partial charge in [0.15, 0.2) is 11.5 Å². The fraction of sp³-hybridized carbons (Fsp3) is 0.400. The lowest BCUT2D eigenvalue weighted by Crippen LogP contribution is -2.41. The van der Waals surface area contributed by atoms with Crippen LogP contribution in [0, 0.1) is 5.92 Å². The Labute approximate surface area is 173 Å².